The second-order valence-electron chi connectivity index (χ2n) is 3.87. The fraction of sp³-hybridized carbons (Fsp3) is 0. The van der Waals surface area contributed by atoms with Crippen molar-refractivity contribution in [3.8, 4) is 11.3 Å². The molecule has 3 rings (SSSR count). The van der Waals surface area contributed by atoms with E-state index in [0.717, 1.165) is 6.20 Å². The molecule has 0 spiro atoms. The van der Waals surface area contributed by atoms with Crippen molar-refractivity contribution < 1.29 is 8.78 Å². The Morgan fingerprint density at radius 2 is 1.89 bits per heavy atom. The van der Waals surface area contributed by atoms with Gasteiger partial charge in [-0.25, -0.2) is 18.7 Å². The number of halogens is 3. The van der Waals surface area contributed by atoms with Gasteiger partial charge in [-0.05, 0) is 29.8 Å². The maximum absolute atomic E-state index is 13.9. The van der Waals surface area contributed by atoms with Crippen LogP contribution in [0.15, 0.2) is 36.7 Å². The minimum atomic E-state index is -0.660. The highest BCUT2D eigenvalue weighted by Crippen LogP contribution is 2.26. The van der Waals surface area contributed by atoms with Gasteiger partial charge in [0.2, 0.25) is 5.28 Å². The lowest BCUT2D eigenvalue weighted by Gasteiger charge is -2.05. The molecule has 94 valence electrons. The van der Waals surface area contributed by atoms with Crippen LogP contribution in [-0.2, 0) is 0 Å². The van der Waals surface area contributed by atoms with E-state index in [1.807, 2.05) is 0 Å². The largest absolute Gasteiger partial charge is 0.253 e. The molecule has 19 heavy (non-hydrogen) atoms. The topological polar surface area (TPSA) is 38.7 Å². The molecule has 0 radical (unpaired) electrons. The first-order chi connectivity index (χ1) is 9.15. The van der Waals surface area contributed by atoms with Crippen molar-refractivity contribution in [2.75, 3.05) is 0 Å². The third kappa shape index (κ3) is 2.13. The molecule has 6 heteroatoms. The van der Waals surface area contributed by atoms with Crippen LogP contribution in [0.3, 0.4) is 0 Å². The van der Waals surface area contributed by atoms with Gasteiger partial charge in [-0.3, -0.25) is 4.98 Å². The first kappa shape index (κ1) is 11.9. The lowest BCUT2D eigenvalue weighted by molar-refractivity contribution is 0.616. The molecule has 0 atom stereocenters. The summed E-state index contributed by atoms with van der Waals surface area (Å²) in [4.78, 5) is 11.2. The molecule has 0 aliphatic rings. The van der Waals surface area contributed by atoms with Crippen LogP contribution in [0.4, 0.5) is 8.78 Å². The van der Waals surface area contributed by atoms with E-state index >= 15 is 0 Å². The Hall–Kier alpha value is -2.14. The molecule has 0 aliphatic carbocycles. The van der Waals surface area contributed by atoms with Crippen LogP contribution in [0, 0.1) is 11.6 Å². The van der Waals surface area contributed by atoms with E-state index in [-0.39, 0.29) is 16.5 Å². The number of hydrogen-bond acceptors (Lipinski definition) is 3. The van der Waals surface area contributed by atoms with Gasteiger partial charge in [-0.15, -0.1) is 0 Å². The predicted octanol–water partition coefficient (Wildman–Crippen LogP) is 3.62. The lowest BCUT2D eigenvalue weighted by Crippen LogP contribution is -1.94. The highest BCUT2D eigenvalue weighted by atomic mass is 35.5. The van der Waals surface area contributed by atoms with E-state index in [4.69, 9.17) is 11.6 Å². The summed E-state index contributed by atoms with van der Waals surface area (Å²) in [5.74, 6) is -1.20. The zero-order valence-corrected chi connectivity index (χ0v) is 10.2. The Kier molecular flexibility index (Phi) is 2.83. The van der Waals surface area contributed by atoms with Gasteiger partial charge in [0, 0.05) is 17.1 Å². The molecule has 0 amide bonds. The Balaban J connectivity index is 2.28. The van der Waals surface area contributed by atoms with Gasteiger partial charge in [0.1, 0.15) is 17.0 Å². The van der Waals surface area contributed by atoms with Crippen molar-refractivity contribution in [1.82, 2.24) is 15.0 Å². The van der Waals surface area contributed by atoms with Crippen LogP contribution < -0.4 is 0 Å². The number of hydrogen-bond donors (Lipinski definition) is 0. The summed E-state index contributed by atoms with van der Waals surface area (Å²) in [7, 11) is 0. The number of pyridine rings is 1. The predicted molar refractivity (Wildman–Crippen MR) is 67.7 cm³/mol. The summed E-state index contributed by atoms with van der Waals surface area (Å²) < 4.78 is 27.6. The van der Waals surface area contributed by atoms with Gasteiger partial charge in [-0.2, -0.15) is 0 Å². The molecule has 1 aromatic carbocycles. The number of fused-ring (bicyclic) bond motifs is 1. The number of aromatic nitrogens is 3. The molecule has 3 aromatic rings. The monoisotopic (exact) mass is 277 g/mol. The van der Waals surface area contributed by atoms with Crippen LogP contribution >= 0.6 is 11.6 Å². The van der Waals surface area contributed by atoms with Gasteiger partial charge < -0.3 is 0 Å². The van der Waals surface area contributed by atoms with E-state index < -0.39 is 11.6 Å². The Morgan fingerprint density at radius 3 is 2.74 bits per heavy atom. The lowest BCUT2D eigenvalue weighted by atomic mass is 10.1. The molecular formula is C13H6ClF2N3. The summed E-state index contributed by atoms with van der Waals surface area (Å²) in [5, 5.41) is 0.467. The summed E-state index contributed by atoms with van der Waals surface area (Å²) >= 11 is 5.63. The number of nitrogens with zero attached hydrogens (tertiary/aromatic N) is 3. The van der Waals surface area contributed by atoms with Crippen molar-refractivity contribution in [2.45, 2.75) is 0 Å². The van der Waals surface area contributed by atoms with Gasteiger partial charge in [0.15, 0.2) is 5.82 Å². The van der Waals surface area contributed by atoms with Crippen LogP contribution in [-0.4, -0.2) is 15.0 Å². The molecule has 2 heterocycles. The minimum Gasteiger partial charge on any atom is -0.253 e. The molecule has 2 aromatic heterocycles. The fourth-order valence-corrected chi connectivity index (χ4v) is 1.97. The standard InChI is InChI=1S/C13H6ClF2N3/c14-13-18-6-10(16)12(19-13)8-4-7-2-1-3-17-11(7)9(15)5-8/h1-6H. The third-order valence-corrected chi connectivity index (χ3v) is 2.83. The second kappa shape index (κ2) is 4.51. The highest BCUT2D eigenvalue weighted by Gasteiger charge is 2.12. The number of rotatable bonds is 1. The fourth-order valence-electron chi connectivity index (χ4n) is 1.83. The van der Waals surface area contributed by atoms with E-state index in [0.29, 0.717) is 10.9 Å². The first-order valence-electron chi connectivity index (χ1n) is 5.38. The van der Waals surface area contributed by atoms with Crippen LogP contribution in [0.1, 0.15) is 0 Å². The zero-order valence-electron chi connectivity index (χ0n) is 9.44. The van der Waals surface area contributed by atoms with Crippen molar-refractivity contribution in [3.05, 3.63) is 53.6 Å². The van der Waals surface area contributed by atoms with Crippen molar-refractivity contribution >= 4 is 22.5 Å². The van der Waals surface area contributed by atoms with Gasteiger partial charge >= 0.3 is 0 Å². The summed E-state index contributed by atoms with van der Waals surface area (Å²) in [5.41, 5.74) is 0.483. The molecule has 3 nitrogen and oxygen atoms in total. The van der Waals surface area contributed by atoms with Gasteiger partial charge in [0.05, 0.1) is 6.20 Å². The highest BCUT2D eigenvalue weighted by molar-refractivity contribution is 6.28. The van der Waals surface area contributed by atoms with Crippen molar-refractivity contribution in [3.63, 3.8) is 0 Å². The first-order valence-corrected chi connectivity index (χ1v) is 5.75. The zero-order chi connectivity index (χ0) is 13.4. The summed E-state index contributed by atoms with van der Waals surface area (Å²) in [6, 6.07) is 6.15. The maximum atomic E-state index is 13.9. The normalized spacial score (nSPS) is 10.9. The maximum Gasteiger partial charge on any atom is 0.223 e. The smallest absolute Gasteiger partial charge is 0.223 e. The molecule has 0 N–H and O–H groups in total. The quantitative estimate of drug-likeness (QED) is 0.638. The average molecular weight is 278 g/mol. The van der Waals surface area contributed by atoms with Crippen LogP contribution in [0.25, 0.3) is 22.2 Å². The molecule has 0 saturated heterocycles. The Morgan fingerprint density at radius 1 is 1.05 bits per heavy atom. The third-order valence-electron chi connectivity index (χ3n) is 2.65. The van der Waals surface area contributed by atoms with E-state index in [9.17, 15) is 8.78 Å². The van der Waals surface area contributed by atoms with Gasteiger partial charge in [0.25, 0.3) is 0 Å². The minimum absolute atomic E-state index is 0.0374. The van der Waals surface area contributed by atoms with E-state index in [2.05, 4.69) is 15.0 Å². The summed E-state index contributed by atoms with van der Waals surface area (Å²) in [6.45, 7) is 0. The molecule has 0 aliphatic heterocycles. The Labute approximate surface area is 111 Å². The molecule has 0 saturated carbocycles. The van der Waals surface area contributed by atoms with Crippen molar-refractivity contribution in [1.29, 1.82) is 0 Å². The molecule has 0 fully saturated rings. The summed E-state index contributed by atoms with van der Waals surface area (Å²) in [6.07, 6.45) is 2.45. The molecule has 0 unspecified atom stereocenters. The van der Waals surface area contributed by atoms with E-state index in [1.165, 1.54) is 12.3 Å². The number of benzene rings is 1. The molecule has 0 bridgehead atoms. The van der Waals surface area contributed by atoms with Crippen LogP contribution in [0.2, 0.25) is 5.28 Å². The average Bonchev–Trinajstić information content (AvgIpc) is 2.41. The Bertz CT molecular complexity index is 777. The second-order valence-corrected chi connectivity index (χ2v) is 4.21. The van der Waals surface area contributed by atoms with Crippen LogP contribution in [0.5, 0.6) is 0 Å². The van der Waals surface area contributed by atoms with Gasteiger partial charge in [-0.1, -0.05) is 6.07 Å². The SMILES string of the molecule is Fc1cnc(Cl)nc1-c1cc(F)c2ncccc2c1. The molecular weight excluding hydrogens is 272 g/mol. The van der Waals surface area contributed by atoms with Crippen molar-refractivity contribution in [2.24, 2.45) is 0 Å². The van der Waals surface area contributed by atoms with E-state index in [1.54, 1.807) is 18.2 Å².